The monoisotopic (exact) mass is 384 g/mol. The second kappa shape index (κ2) is 5.32. The first kappa shape index (κ1) is 15.4. The molecule has 1 heterocycles. The van der Waals surface area contributed by atoms with Crippen LogP contribution in [0.15, 0.2) is 23.1 Å². The maximum absolute atomic E-state index is 11.8. The van der Waals surface area contributed by atoms with Crippen LogP contribution < -0.4 is 0 Å². The molecule has 4 nitrogen and oxygen atoms in total. The number of hydrogen-bond donors (Lipinski definition) is 0. The summed E-state index contributed by atoms with van der Waals surface area (Å²) < 4.78 is 24.8. The van der Waals surface area contributed by atoms with Crippen LogP contribution >= 0.6 is 45.5 Å². The molecule has 1 aliphatic rings. The topological polar surface area (TPSA) is 52.0 Å². The number of nitrogens with zero attached hydrogens (tertiary/aromatic N) is 2. The molecule has 0 N–H and O–H groups in total. The van der Waals surface area contributed by atoms with Crippen molar-refractivity contribution in [3.63, 3.8) is 0 Å². The Kier molecular flexibility index (Phi) is 3.91. The van der Waals surface area contributed by atoms with Crippen molar-refractivity contribution in [3.05, 3.63) is 39.1 Å². The first-order chi connectivity index (χ1) is 9.79. The predicted octanol–water partition coefficient (Wildman–Crippen LogP) is 4.64. The molecule has 112 valence electrons. The first-order valence-electron chi connectivity index (χ1n) is 5.97. The van der Waals surface area contributed by atoms with Crippen molar-refractivity contribution in [2.45, 2.75) is 23.7 Å². The highest BCUT2D eigenvalue weighted by Gasteiger charge is 2.36. The minimum absolute atomic E-state index is 0.0679. The Balaban J connectivity index is 2.25. The van der Waals surface area contributed by atoms with Gasteiger partial charge in [0, 0.05) is 21.6 Å². The first-order valence-corrected chi connectivity index (χ1v) is 9.42. The molecule has 0 bridgehead atoms. The van der Waals surface area contributed by atoms with Gasteiger partial charge in [-0.3, -0.25) is 0 Å². The van der Waals surface area contributed by atoms with Crippen LogP contribution in [-0.4, -0.2) is 18.2 Å². The normalized spacial score (nSPS) is 15.4. The van der Waals surface area contributed by atoms with E-state index in [9.17, 15) is 8.42 Å². The lowest BCUT2D eigenvalue weighted by Gasteiger charge is -2.06. The predicted molar refractivity (Wildman–Crippen MR) is 83.6 cm³/mol. The molecule has 0 spiro atoms. The quantitative estimate of drug-likeness (QED) is 0.723. The fourth-order valence-electron chi connectivity index (χ4n) is 2.06. The standard InChI is InChI=1S/C12H8Cl4N2O2S/c13-7-3-4-9(8(14)5-7)18-12(15)11(21(16,19)20)10(17-18)6-1-2-6/h3-6H,1-2H2. The Morgan fingerprint density at radius 1 is 1.19 bits per heavy atom. The van der Waals surface area contributed by atoms with Gasteiger partial charge in [0.2, 0.25) is 0 Å². The summed E-state index contributed by atoms with van der Waals surface area (Å²) in [6.07, 6.45) is 1.72. The van der Waals surface area contributed by atoms with Gasteiger partial charge in [-0.15, -0.1) is 0 Å². The molecular formula is C12H8Cl4N2O2S. The van der Waals surface area contributed by atoms with Crippen molar-refractivity contribution in [1.82, 2.24) is 9.78 Å². The fourth-order valence-corrected chi connectivity index (χ4v) is 4.40. The maximum atomic E-state index is 11.8. The molecule has 0 saturated heterocycles. The Hall–Kier alpha value is -0.460. The van der Waals surface area contributed by atoms with Crippen molar-refractivity contribution in [3.8, 4) is 5.69 Å². The third-order valence-electron chi connectivity index (χ3n) is 3.16. The largest absolute Gasteiger partial charge is 0.266 e. The zero-order valence-electron chi connectivity index (χ0n) is 10.4. The molecule has 21 heavy (non-hydrogen) atoms. The van der Waals surface area contributed by atoms with Crippen LogP contribution in [0.2, 0.25) is 15.2 Å². The summed E-state index contributed by atoms with van der Waals surface area (Å²) in [4.78, 5) is -0.139. The summed E-state index contributed by atoms with van der Waals surface area (Å²) >= 11 is 18.1. The molecule has 0 unspecified atom stereocenters. The van der Waals surface area contributed by atoms with Gasteiger partial charge in [0.05, 0.1) is 16.4 Å². The zero-order valence-corrected chi connectivity index (χ0v) is 14.2. The minimum Gasteiger partial charge on any atom is -0.219 e. The van der Waals surface area contributed by atoms with E-state index in [1.807, 2.05) is 0 Å². The molecule has 1 aromatic heterocycles. The van der Waals surface area contributed by atoms with E-state index in [0.717, 1.165) is 12.8 Å². The molecular weight excluding hydrogens is 378 g/mol. The SMILES string of the molecule is O=S(=O)(Cl)c1c(C2CC2)nn(-c2ccc(Cl)cc2Cl)c1Cl. The van der Waals surface area contributed by atoms with Crippen molar-refractivity contribution < 1.29 is 8.42 Å². The Labute approximate surface area is 141 Å². The number of rotatable bonds is 3. The second-order valence-corrected chi connectivity index (χ2v) is 8.43. The summed E-state index contributed by atoms with van der Waals surface area (Å²) in [5.41, 5.74) is 0.834. The molecule has 0 aliphatic heterocycles. The fraction of sp³-hybridized carbons (Fsp3) is 0.250. The lowest BCUT2D eigenvalue weighted by molar-refractivity contribution is 0.608. The molecule has 1 aromatic carbocycles. The van der Waals surface area contributed by atoms with Crippen LogP contribution in [0, 0.1) is 0 Å². The summed E-state index contributed by atoms with van der Waals surface area (Å²) in [7, 11) is 1.50. The third-order valence-corrected chi connectivity index (χ3v) is 5.51. The van der Waals surface area contributed by atoms with E-state index >= 15 is 0 Å². The third kappa shape index (κ3) is 2.90. The summed E-state index contributed by atoms with van der Waals surface area (Å²) in [5.74, 6) is 0.0679. The lowest BCUT2D eigenvalue weighted by atomic mass is 10.3. The number of aromatic nitrogens is 2. The van der Waals surface area contributed by atoms with Gasteiger partial charge in [-0.1, -0.05) is 34.8 Å². The number of benzene rings is 1. The minimum atomic E-state index is -3.99. The van der Waals surface area contributed by atoms with E-state index in [2.05, 4.69) is 5.10 Å². The Morgan fingerprint density at radius 2 is 1.86 bits per heavy atom. The molecule has 1 fully saturated rings. The number of halogens is 4. The van der Waals surface area contributed by atoms with Crippen LogP contribution in [0.5, 0.6) is 0 Å². The van der Waals surface area contributed by atoms with Gasteiger partial charge >= 0.3 is 0 Å². The van der Waals surface area contributed by atoms with Crippen LogP contribution in [-0.2, 0) is 9.05 Å². The Bertz CT molecular complexity index is 828. The van der Waals surface area contributed by atoms with Gasteiger partial charge in [-0.05, 0) is 31.0 Å². The number of hydrogen-bond acceptors (Lipinski definition) is 3. The van der Waals surface area contributed by atoms with Gasteiger partial charge < -0.3 is 0 Å². The highest BCUT2D eigenvalue weighted by molar-refractivity contribution is 8.13. The van der Waals surface area contributed by atoms with Gasteiger partial charge in [0.1, 0.15) is 4.90 Å². The molecule has 1 aliphatic carbocycles. The molecule has 1 saturated carbocycles. The average molecular weight is 386 g/mol. The van der Waals surface area contributed by atoms with Crippen LogP contribution in [0.1, 0.15) is 24.5 Å². The molecule has 3 rings (SSSR count). The van der Waals surface area contributed by atoms with E-state index in [0.29, 0.717) is 21.4 Å². The van der Waals surface area contributed by atoms with Crippen molar-refractivity contribution >= 4 is 54.5 Å². The molecule has 0 atom stereocenters. The van der Waals surface area contributed by atoms with E-state index < -0.39 is 9.05 Å². The van der Waals surface area contributed by atoms with Crippen molar-refractivity contribution in [1.29, 1.82) is 0 Å². The van der Waals surface area contributed by atoms with Gasteiger partial charge in [0.25, 0.3) is 9.05 Å². The van der Waals surface area contributed by atoms with Gasteiger partial charge in [0.15, 0.2) is 5.15 Å². The highest BCUT2D eigenvalue weighted by Crippen LogP contribution is 2.45. The van der Waals surface area contributed by atoms with Gasteiger partial charge in [-0.25, -0.2) is 13.1 Å². The maximum Gasteiger partial charge on any atom is 0.266 e. The van der Waals surface area contributed by atoms with E-state index in [1.54, 1.807) is 12.1 Å². The summed E-state index contributed by atoms with van der Waals surface area (Å²) in [5, 5.41) is 4.99. The zero-order chi connectivity index (χ0) is 15.4. The van der Waals surface area contributed by atoms with Crippen molar-refractivity contribution in [2.24, 2.45) is 0 Å². The van der Waals surface area contributed by atoms with E-state index in [1.165, 1.54) is 10.7 Å². The van der Waals surface area contributed by atoms with E-state index in [-0.39, 0.29) is 16.0 Å². The molecule has 2 aromatic rings. The summed E-state index contributed by atoms with van der Waals surface area (Å²) in [6.45, 7) is 0. The molecule has 0 radical (unpaired) electrons. The van der Waals surface area contributed by atoms with Crippen molar-refractivity contribution in [2.75, 3.05) is 0 Å². The van der Waals surface area contributed by atoms with Gasteiger partial charge in [-0.2, -0.15) is 5.10 Å². The highest BCUT2D eigenvalue weighted by atomic mass is 35.7. The summed E-state index contributed by atoms with van der Waals surface area (Å²) in [6, 6.07) is 4.76. The van der Waals surface area contributed by atoms with Crippen LogP contribution in [0.4, 0.5) is 0 Å². The van der Waals surface area contributed by atoms with Crippen LogP contribution in [0.25, 0.3) is 5.69 Å². The molecule has 9 heteroatoms. The molecule has 0 amide bonds. The van der Waals surface area contributed by atoms with Crippen LogP contribution in [0.3, 0.4) is 0 Å². The average Bonchev–Trinajstić information content (AvgIpc) is 3.13. The van der Waals surface area contributed by atoms with E-state index in [4.69, 9.17) is 45.5 Å². The lowest BCUT2D eigenvalue weighted by Crippen LogP contribution is -1.98. The second-order valence-electron chi connectivity index (χ2n) is 4.72. The smallest absolute Gasteiger partial charge is 0.219 e. The Morgan fingerprint density at radius 3 is 2.38 bits per heavy atom.